The van der Waals surface area contributed by atoms with Crippen LogP contribution < -0.4 is 11.1 Å². The predicted octanol–water partition coefficient (Wildman–Crippen LogP) is 2.87. The molecule has 0 radical (unpaired) electrons. The molecule has 170 valence electrons. The molecule has 8 nitrogen and oxygen atoms in total. The number of nitrogens with two attached hydrogens (primary N) is 1. The van der Waals surface area contributed by atoms with Crippen molar-refractivity contribution >= 4 is 17.8 Å². The van der Waals surface area contributed by atoms with Gasteiger partial charge in [-0.25, -0.2) is 4.79 Å². The van der Waals surface area contributed by atoms with Gasteiger partial charge in [-0.15, -0.1) is 0 Å². The van der Waals surface area contributed by atoms with E-state index in [9.17, 15) is 9.59 Å². The van der Waals surface area contributed by atoms with Crippen LogP contribution in [0.3, 0.4) is 0 Å². The summed E-state index contributed by atoms with van der Waals surface area (Å²) in [7, 11) is 3.83. The highest BCUT2D eigenvalue weighted by Gasteiger charge is 2.44. The fourth-order valence-corrected chi connectivity index (χ4v) is 3.23. The van der Waals surface area contributed by atoms with Crippen molar-refractivity contribution in [2.45, 2.75) is 46.3 Å². The van der Waals surface area contributed by atoms with E-state index in [-0.39, 0.29) is 18.3 Å². The SMILES string of the molecule is CN(C)C[C@@H](OC(=O)N1CC(C(=N)NC(=O)C(C)(C)C)=C(N)C1(C)C)c1ccccc1. The minimum atomic E-state index is -0.857. The molecule has 1 aliphatic rings. The summed E-state index contributed by atoms with van der Waals surface area (Å²) in [4.78, 5) is 28.9. The first-order valence-corrected chi connectivity index (χ1v) is 10.3. The predicted molar refractivity (Wildman–Crippen MR) is 122 cm³/mol. The quantitative estimate of drug-likeness (QED) is 0.492. The molecule has 0 unspecified atom stereocenters. The molecule has 1 heterocycles. The summed E-state index contributed by atoms with van der Waals surface area (Å²) in [6, 6.07) is 9.57. The fourth-order valence-electron chi connectivity index (χ4n) is 3.23. The number of benzene rings is 1. The first-order chi connectivity index (χ1) is 14.2. The number of hydrogen-bond donors (Lipinski definition) is 3. The summed E-state index contributed by atoms with van der Waals surface area (Å²) in [5.41, 5.74) is 6.50. The lowest BCUT2D eigenvalue weighted by Crippen LogP contribution is -2.47. The van der Waals surface area contributed by atoms with E-state index in [1.54, 1.807) is 34.6 Å². The molecule has 0 fully saturated rings. The Morgan fingerprint density at radius 1 is 1.26 bits per heavy atom. The van der Waals surface area contributed by atoms with Crippen molar-refractivity contribution in [3.05, 3.63) is 47.2 Å². The highest BCUT2D eigenvalue weighted by molar-refractivity contribution is 6.08. The van der Waals surface area contributed by atoms with Crippen LogP contribution in [0.1, 0.15) is 46.3 Å². The molecule has 4 N–H and O–H groups in total. The summed E-state index contributed by atoms with van der Waals surface area (Å²) in [6.45, 7) is 9.53. The molecule has 1 aliphatic heterocycles. The van der Waals surface area contributed by atoms with Gasteiger partial charge in [0.25, 0.3) is 0 Å². The van der Waals surface area contributed by atoms with Gasteiger partial charge >= 0.3 is 6.09 Å². The number of likely N-dealkylation sites (N-methyl/N-ethyl adjacent to an activating group) is 1. The summed E-state index contributed by atoms with van der Waals surface area (Å²) in [5, 5.41) is 11.0. The van der Waals surface area contributed by atoms with Crippen molar-refractivity contribution in [2.24, 2.45) is 11.1 Å². The monoisotopic (exact) mass is 429 g/mol. The number of nitrogens with zero attached hydrogens (tertiary/aromatic N) is 2. The second-order valence-corrected chi connectivity index (χ2v) is 9.66. The average molecular weight is 430 g/mol. The van der Waals surface area contributed by atoms with Crippen molar-refractivity contribution < 1.29 is 14.3 Å². The zero-order valence-electron chi connectivity index (χ0n) is 19.6. The summed E-state index contributed by atoms with van der Waals surface area (Å²) in [6.07, 6.45) is -0.974. The van der Waals surface area contributed by atoms with Gasteiger partial charge in [0.1, 0.15) is 11.9 Å². The number of amides is 2. The Kier molecular flexibility index (Phi) is 7.16. The van der Waals surface area contributed by atoms with Gasteiger partial charge in [-0.05, 0) is 33.5 Å². The Morgan fingerprint density at radius 3 is 2.35 bits per heavy atom. The Morgan fingerprint density at radius 2 is 1.84 bits per heavy atom. The number of ether oxygens (including phenoxy) is 1. The number of rotatable bonds is 5. The van der Waals surface area contributed by atoms with Crippen LogP contribution >= 0.6 is 0 Å². The van der Waals surface area contributed by atoms with Gasteiger partial charge < -0.3 is 20.7 Å². The molecule has 2 amide bonds. The van der Waals surface area contributed by atoms with Crippen LogP contribution in [-0.2, 0) is 9.53 Å². The molecule has 0 saturated carbocycles. The van der Waals surface area contributed by atoms with Gasteiger partial charge in [-0.3, -0.25) is 15.1 Å². The summed E-state index contributed by atoms with van der Waals surface area (Å²) < 4.78 is 5.88. The number of nitrogens with one attached hydrogen (secondary N) is 2. The Hall–Kier alpha value is -2.87. The van der Waals surface area contributed by atoms with E-state index in [1.165, 1.54) is 4.90 Å². The van der Waals surface area contributed by atoms with Crippen molar-refractivity contribution in [3.8, 4) is 0 Å². The van der Waals surface area contributed by atoms with Crippen molar-refractivity contribution in [1.82, 2.24) is 15.1 Å². The number of carbonyl (C=O) groups is 2. The van der Waals surface area contributed by atoms with Crippen molar-refractivity contribution in [1.29, 1.82) is 5.41 Å². The third kappa shape index (κ3) is 5.64. The van der Waals surface area contributed by atoms with Crippen LogP contribution in [0.5, 0.6) is 0 Å². The molecule has 0 spiro atoms. The van der Waals surface area contributed by atoms with E-state index in [0.29, 0.717) is 17.8 Å². The normalized spacial score (nSPS) is 17.0. The van der Waals surface area contributed by atoms with Crippen LogP contribution in [0, 0.1) is 10.8 Å². The Labute approximate surface area is 184 Å². The zero-order valence-corrected chi connectivity index (χ0v) is 19.6. The molecule has 8 heteroatoms. The molecular formula is C23H35N5O3. The molecule has 1 aromatic rings. The molecule has 0 aliphatic carbocycles. The van der Waals surface area contributed by atoms with E-state index in [1.807, 2.05) is 49.3 Å². The van der Waals surface area contributed by atoms with Crippen molar-refractivity contribution in [3.63, 3.8) is 0 Å². The fraction of sp³-hybridized carbons (Fsp3) is 0.522. The lowest BCUT2D eigenvalue weighted by atomic mass is 9.95. The molecule has 1 aromatic carbocycles. The van der Waals surface area contributed by atoms with Gasteiger partial charge in [0.05, 0.1) is 12.1 Å². The molecule has 31 heavy (non-hydrogen) atoms. The van der Waals surface area contributed by atoms with Crippen LogP contribution in [0.15, 0.2) is 41.6 Å². The highest BCUT2D eigenvalue weighted by Crippen LogP contribution is 2.33. The maximum Gasteiger partial charge on any atom is 0.411 e. The van der Waals surface area contributed by atoms with Gasteiger partial charge in [-0.1, -0.05) is 51.1 Å². The minimum Gasteiger partial charge on any atom is -0.440 e. The third-order valence-corrected chi connectivity index (χ3v) is 5.36. The van der Waals surface area contributed by atoms with Gasteiger partial charge in [-0.2, -0.15) is 0 Å². The lowest BCUT2D eigenvalue weighted by molar-refractivity contribution is -0.126. The number of amidine groups is 1. The van der Waals surface area contributed by atoms with E-state index >= 15 is 0 Å². The van der Waals surface area contributed by atoms with E-state index in [4.69, 9.17) is 15.9 Å². The molecular weight excluding hydrogens is 394 g/mol. The van der Waals surface area contributed by atoms with Crippen LogP contribution in [0.25, 0.3) is 0 Å². The summed E-state index contributed by atoms with van der Waals surface area (Å²) in [5.74, 6) is -0.375. The maximum atomic E-state index is 13.2. The van der Waals surface area contributed by atoms with Crippen LogP contribution in [0.2, 0.25) is 0 Å². The standard InChI is InChI=1S/C23H35N5O3/c1-22(2,3)20(29)26-19(25)16-13-28(23(4,5)18(16)24)21(30)31-17(14-27(6)7)15-11-9-8-10-12-15/h8-12,17H,13-14,24H2,1-7H3,(H2,25,26,29)/t17-/m1/s1. The first-order valence-electron chi connectivity index (χ1n) is 10.3. The molecule has 1 atom stereocenters. The molecule has 0 aromatic heterocycles. The largest absolute Gasteiger partial charge is 0.440 e. The second kappa shape index (κ2) is 9.09. The molecule has 0 saturated heterocycles. The zero-order chi connectivity index (χ0) is 23.6. The Bertz CT molecular complexity index is 869. The van der Waals surface area contributed by atoms with E-state index < -0.39 is 23.2 Å². The summed E-state index contributed by atoms with van der Waals surface area (Å²) >= 11 is 0. The van der Waals surface area contributed by atoms with Gasteiger partial charge in [0.2, 0.25) is 5.91 Å². The Balaban J connectivity index is 2.20. The lowest BCUT2D eigenvalue weighted by Gasteiger charge is -2.34. The topological polar surface area (TPSA) is 112 Å². The highest BCUT2D eigenvalue weighted by atomic mass is 16.6. The van der Waals surface area contributed by atoms with Gasteiger partial charge in [0, 0.05) is 23.2 Å². The van der Waals surface area contributed by atoms with Crippen LogP contribution in [-0.4, -0.2) is 60.4 Å². The van der Waals surface area contributed by atoms with E-state index in [2.05, 4.69) is 5.32 Å². The van der Waals surface area contributed by atoms with Gasteiger partial charge in [0.15, 0.2) is 0 Å². The van der Waals surface area contributed by atoms with Crippen LogP contribution in [0.4, 0.5) is 4.79 Å². The maximum absolute atomic E-state index is 13.2. The first kappa shape index (κ1) is 24.4. The third-order valence-electron chi connectivity index (χ3n) is 5.36. The van der Waals surface area contributed by atoms with E-state index in [0.717, 1.165) is 5.56 Å². The average Bonchev–Trinajstić information content (AvgIpc) is 2.90. The molecule has 2 rings (SSSR count). The molecule has 0 bridgehead atoms. The minimum absolute atomic E-state index is 0.0877. The smallest absolute Gasteiger partial charge is 0.411 e. The number of carbonyl (C=O) groups excluding carboxylic acids is 2. The van der Waals surface area contributed by atoms with Crippen molar-refractivity contribution in [2.75, 3.05) is 27.2 Å². The number of hydrogen-bond acceptors (Lipinski definition) is 6. The second-order valence-electron chi connectivity index (χ2n) is 9.66.